The largest absolute Gasteiger partial charge is 0.403 e. The molecular weight excluding hydrogens is 427 g/mol. The highest BCUT2D eigenvalue weighted by Crippen LogP contribution is 2.25. The third-order valence-corrected chi connectivity index (χ3v) is 5.03. The Kier molecular flexibility index (Phi) is 4.38. The minimum Gasteiger partial charge on any atom is -0.403 e. The lowest BCUT2D eigenvalue weighted by Gasteiger charge is -2.05. The van der Waals surface area contributed by atoms with Crippen LogP contribution >= 0.6 is 23.2 Å². The van der Waals surface area contributed by atoms with Crippen molar-refractivity contribution in [1.29, 1.82) is 0 Å². The molecule has 6 nitrogen and oxygen atoms in total. The Labute approximate surface area is 178 Å². The number of aromatic nitrogens is 2. The van der Waals surface area contributed by atoms with E-state index in [1.807, 2.05) is 0 Å². The van der Waals surface area contributed by atoms with Gasteiger partial charge in [0.25, 0.3) is 0 Å². The van der Waals surface area contributed by atoms with Gasteiger partial charge in [0.1, 0.15) is 0 Å². The van der Waals surface area contributed by atoms with E-state index in [2.05, 4.69) is 9.97 Å². The molecule has 0 N–H and O–H groups in total. The van der Waals surface area contributed by atoms with Crippen LogP contribution in [0.1, 0.15) is 0 Å². The molecule has 0 saturated carbocycles. The van der Waals surface area contributed by atoms with Crippen LogP contribution in [0.15, 0.2) is 79.1 Å². The van der Waals surface area contributed by atoms with E-state index in [4.69, 9.17) is 32.0 Å². The highest BCUT2D eigenvalue weighted by molar-refractivity contribution is 6.31. The van der Waals surface area contributed by atoms with E-state index in [9.17, 15) is 9.59 Å². The van der Waals surface area contributed by atoms with Crippen molar-refractivity contribution >= 4 is 45.0 Å². The maximum Gasteiger partial charge on any atom is 0.347 e. The molecule has 0 spiro atoms. The van der Waals surface area contributed by atoms with Crippen molar-refractivity contribution in [2.75, 3.05) is 0 Å². The van der Waals surface area contributed by atoms with Crippen molar-refractivity contribution in [2.45, 2.75) is 0 Å². The molecule has 5 aromatic rings. The molecule has 0 aliphatic carbocycles. The van der Waals surface area contributed by atoms with Crippen LogP contribution in [-0.2, 0) is 0 Å². The maximum atomic E-state index is 12.2. The van der Waals surface area contributed by atoms with Gasteiger partial charge in [0.2, 0.25) is 11.8 Å². The molecule has 2 heterocycles. The van der Waals surface area contributed by atoms with Gasteiger partial charge in [-0.3, -0.25) is 0 Å². The van der Waals surface area contributed by atoms with Crippen LogP contribution in [0.4, 0.5) is 0 Å². The molecule has 5 rings (SSSR count). The van der Waals surface area contributed by atoms with Crippen LogP contribution in [0, 0.1) is 0 Å². The predicted octanol–water partition coefficient (Wildman–Crippen LogP) is 5.33. The molecule has 3 aromatic carbocycles. The van der Waals surface area contributed by atoms with Crippen LogP contribution in [0.5, 0.6) is 0 Å². The Morgan fingerprint density at radius 2 is 1.00 bits per heavy atom. The van der Waals surface area contributed by atoms with Crippen molar-refractivity contribution < 1.29 is 8.83 Å². The Morgan fingerprint density at radius 1 is 0.600 bits per heavy atom. The van der Waals surface area contributed by atoms with E-state index in [-0.39, 0.29) is 11.8 Å². The summed E-state index contributed by atoms with van der Waals surface area (Å²) >= 11 is 12.0. The predicted molar refractivity (Wildman–Crippen MR) is 115 cm³/mol. The molecule has 0 amide bonds. The Hall–Kier alpha value is -3.48. The lowest BCUT2D eigenvalue weighted by atomic mass is 10.1. The average molecular weight is 437 g/mol. The van der Waals surface area contributed by atoms with Gasteiger partial charge in [-0.1, -0.05) is 23.2 Å². The molecule has 2 aromatic heterocycles. The summed E-state index contributed by atoms with van der Waals surface area (Å²) in [6, 6.07) is 16.3. The first-order valence-electron chi connectivity index (χ1n) is 8.79. The first kappa shape index (κ1) is 18.5. The molecule has 8 heteroatoms. The highest BCUT2D eigenvalue weighted by atomic mass is 35.5. The Balaban J connectivity index is 1.58. The minimum atomic E-state index is -0.505. The van der Waals surface area contributed by atoms with Gasteiger partial charge < -0.3 is 8.83 Å². The molecule has 146 valence electrons. The van der Waals surface area contributed by atoms with Crippen LogP contribution in [-0.4, -0.2) is 9.97 Å². The first-order valence-corrected chi connectivity index (χ1v) is 9.55. The zero-order valence-electron chi connectivity index (χ0n) is 15.1. The van der Waals surface area contributed by atoms with Crippen LogP contribution in [0.25, 0.3) is 44.7 Å². The van der Waals surface area contributed by atoms with Crippen LogP contribution in [0.2, 0.25) is 10.0 Å². The monoisotopic (exact) mass is 436 g/mol. The number of rotatable bonds is 2. The molecule has 0 atom stereocenters. The normalized spacial score (nSPS) is 11.3. The third-order valence-electron chi connectivity index (χ3n) is 4.56. The zero-order valence-corrected chi connectivity index (χ0v) is 16.6. The molecule has 0 aliphatic heterocycles. The van der Waals surface area contributed by atoms with Crippen molar-refractivity contribution in [3.8, 4) is 22.9 Å². The van der Waals surface area contributed by atoms with Gasteiger partial charge in [0, 0.05) is 21.2 Å². The third kappa shape index (κ3) is 3.26. The molecule has 0 unspecified atom stereocenters. The van der Waals surface area contributed by atoms with E-state index in [0.717, 1.165) is 0 Å². The van der Waals surface area contributed by atoms with E-state index in [1.165, 1.54) is 0 Å². The fourth-order valence-corrected chi connectivity index (χ4v) is 3.42. The second kappa shape index (κ2) is 7.09. The van der Waals surface area contributed by atoms with Crippen molar-refractivity contribution in [3.05, 3.63) is 91.5 Å². The van der Waals surface area contributed by atoms with Gasteiger partial charge in [-0.05, 0) is 60.7 Å². The number of halogens is 2. The van der Waals surface area contributed by atoms with Crippen molar-refractivity contribution in [1.82, 2.24) is 9.97 Å². The summed E-state index contributed by atoms with van der Waals surface area (Å²) in [5, 5.41) is 1.64. The smallest absolute Gasteiger partial charge is 0.347 e. The quantitative estimate of drug-likeness (QED) is 0.371. The molecule has 0 radical (unpaired) electrons. The summed E-state index contributed by atoms with van der Waals surface area (Å²) in [7, 11) is 0. The minimum absolute atomic E-state index is 0.154. The summed E-state index contributed by atoms with van der Waals surface area (Å²) in [5.74, 6) is 0.307. The maximum absolute atomic E-state index is 12.2. The fourth-order valence-electron chi connectivity index (χ4n) is 3.09. The number of hydrogen-bond donors (Lipinski definition) is 0. The van der Waals surface area contributed by atoms with E-state index in [1.54, 1.807) is 60.7 Å². The van der Waals surface area contributed by atoms with E-state index < -0.39 is 11.3 Å². The number of benzene rings is 3. The van der Waals surface area contributed by atoms with Crippen LogP contribution in [0.3, 0.4) is 0 Å². The molecule has 30 heavy (non-hydrogen) atoms. The number of fused-ring (bicyclic) bond motifs is 2. The van der Waals surface area contributed by atoms with Gasteiger partial charge >= 0.3 is 11.3 Å². The van der Waals surface area contributed by atoms with Gasteiger partial charge in [-0.15, -0.1) is 0 Å². The standard InChI is InChI=1S/C22H10Cl2N2O4/c23-13-5-7-15-17(9-13)25-19(29-21(15)27)11-1-2-12(4-3-11)20-26-18-10-14(24)6-8-16(18)22(28)30-20/h1-10H. The highest BCUT2D eigenvalue weighted by Gasteiger charge is 2.12. The molecule has 0 aliphatic rings. The summed E-state index contributed by atoms with van der Waals surface area (Å²) in [6.45, 7) is 0. The number of nitrogens with zero attached hydrogens (tertiary/aromatic N) is 2. The summed E-state index contributed by atoms with van der Waals surface area (Å²) in [4.78, 5) is 33.2. The molecule has 0 fully saturated rings. The van der Waals surface area contributed by atoms with Gasteiger partial charge in [-0.2, -0.15) is 0 Å². The zero-order chi connectivity index (χ0) is 20.8. The first-order chi connectivity index (χ1) is 14.5. The van der Waals surface area contributed by atoms with Gasteiger partial charge in [0.05, 0.1) is 21.8 Å². The molecular formula is C22H10Cl2N2O4. The SMILES string of the molecule is O=c1oc(-c2ccc(-c3nc4cc(Cl)ccc4c(=O)o3)cc2)nc2cc(Cl)ccc12. The lowest BCUT2D eigenvalue weighted by Crippen LogP contribution is -2.03. The summed E-state index contributed by atoms with van der Waals surface area (Å²) in [6.07, 6.45) is 0. The van der Waals surface area contributed by atoms with Crippen molar-refractivity contribution in [3.63, 3.8) is 0 Å². The Morgan fingerprint density at radius 3 is 1.40 bits per heavy atom. The van der Waals surface area contributed by atoms with Gasteiger partial charge in [0.15, 0.2) is 0 Å². The average Bonchev–Trinajstić information content (AvgIpc) is 2.73. The number of hydrogen-bond acceptors (Lipinski definition) is 6. The fraction of sp³-hybridized carbons (Fsp3) is 0. The summed E-state index contributed by atoms with van der Waals surface area (Å²) in [5.41, 5.74) is 1.02. The Bertz CT molecular complexity index is 1440. The van der Waals surface area contributed by atoms with Crippen LogP contribution < -0.4 is 11.3 Å². The molecule has 0 saturated heterocycles. The second-order valence-electron chi connectivity index (χ2n) is 6.51. The molecule has 0 bridgehead atoms. The van der Waals surface area contributed by atoms with E-state index >= 15 is 0 Å². The topological polar surface area (TPSA) is 86.2 Å². The lowest BCUT2D eigenvalue weighted by molar-refractivity contribution is 0.516. The van der Waals surface area contributed by atoms with Crippen molar-refractivity contribution in [2.24, 2.45) is 0 Å². The van der Waals surface area contributed by atoms with E-state index in [0.29, 0.717) is 43.0 Å². The second-order valence-corrected chi connectivity index (χ2v) is 7.39. The van der Waals surface area contributed by atoms with Gasteiger partial charge in [-0.25, -0.2) is 19.6 Å². The summed E-state index contributed by atoms with van der Waals surface area (Å²) < 4.78 is 10.7.